The molecule has 0 aliphatic rings. The number of hydrogen-bond donors (Lipinski definition) is 4. The minimum absolute atomic E-state index is 0.0643. The molecule has 0 saturated carbocycles. The number of carboxylic acids is 1. The molecule has 0 spiro atoms. The zero-order chi connectivity index (χ0) is 23.5. The summed E-state index contributed by atoms with van der Waals surface area (Å²) in [7, 11) is 0. The quantitative estimate of drug-likeness (QED) is 0.195. The fraction of sp³-hybridized carbons (Fsp3) is 0.304. The van der Waals surface area contributed by atoms with E-state index in [9.17, 15) is 19.5 Å². The van der Waals surface area contributed by atoms with Crippen LogP contribution in [-0.2, 0) is 14.3 Å². The number of nitrogens with zero attached hydrogens (tertiary/aromatic N) is 1. The van der Waals surface area contributed by atoms with Crippen LogP contribution in [0.5, 0.6) is 0 Å². The summed E-state index contributed by atoms with van der Waals surface area (Å²) in [4.78, 5) is 35.1. The molecule has 2 amide bonds. The molecule has 2 aromatic carbocycles. The Balaban J connectivity index is 2.02. The number of hydrazone groups is 1. The number of hydrogen-bond acceptors (Lipinski definition) is 6. The molecule has 0 bridgehead atoms. The van der Waals surface area contributed by atoms with Crippen molar-refractivity contribution >= 4 is 35.4 Å². The van der Waals surface area contributed by atoms with Crippen LogP contribution in [-0.4, -0.2) is 48.4 Å². The van der Waals surface area contributed by atoms with Crippen molar-refractivity contribution in [3.8, 4) is 0 Å². The molecule has 170 valence electrons. The SMILES string of the molecule is Cc1ccccc1Nc1ccc(C(=O)O)cc1/C=N\NC(=O)C(=O)NCCCOC(C)C. The first-order valence-electron chi connectivity index (χ1n) is 10.2. The molecule has 0 radical (unpaired) electrons. The van der Waals surface area contributed by atoms with E-state index in [0.717, 1.165) is 11.3 Å². The minimum Gasteiger partial charge on any atom is -0.478 e. The van der Waals surface area contributed by atoms with Gasteiger partial charge in [-0.05, 0) is 57.0 Å². The fourth-order valence-electron chi connectivity index (χ4n) is 2.66. The maximum atomic E-state index is 11.9. The number of aromatic carboxylic acids is 1. The second kappa shape index (κ2) is 12.2. The van der Waals surface area contributed by atoms with Crippen molar-refractivity contribution in [1.29, 1.82) is 0 Å². The number of amides is 2. The van der Waals surface area contributed by atoms with E-state index in [1.165, 1.54) is 18.3 Å². The zero-order valence-electron chi connectivity index (χ0n) is 18.3. The third-order valence-corrected chi connectivity index (χ3v) is 4.35. The van der Waals surface area contributed by atoms with Crippen LogP contribution in [0.4, 0.5) is 11.4 Å². The zero-order valence-corrected chi connectivity index (χ0v) is 18.3. The predicted molar refractivity (Wildman–Crippen MR) is 122 cm³/mol. The van der Waals surface area contributed by atoms with Gasteiger partial charge in [-0.1, -0.05) is 18.2 Å². The first-order valence-corrected chi connectivity index (χ1v) is 10.2. The maximum absolute atomic E-state index is 11.9. The number of carbonyl (C=O) groups is 3. The maximum Gasteiger partial charge on any atom is 0.335 e. The van der Waals surface area contributed by atoms with Crippen LogP contribution in [0, 0.1) is 6.92 Å². The van der Waals surface area contributed by atoms with E-state index in [0.29, 0.717) is 30.8 Å². The number of ether oxygens (including phenoxy) is 1. The number of para-hydroxylation sites is 1. The molecule has 2 aromatic rings. The summed E-state index contributed by atoms with van der Waals surface area (Å²) < 4.78 is 5.36. The lowest BCUT2D eigenvalue weighted by atomic mass is 10.1. The van der Waals surface area contributed by atoms with Gasteiger partial charge in [-0.25, -0.2) is 10.2 Å². The number of anilines is 2. The molecule has 0 fully saturated rings. The third-order valence-electron chi connectivity index (χ3n) is 4.35. The van der Waals surface area contributed by atoms with Crippen molar-refractivity contribution in [2.24, 2.45) is 5.10 Å². The van der Waals surface area contributed by atoms with Gasteiger partial charge in [-0.3, -0.25) is 9.59 Å². The van der Waals surface area contributed by atoms with Gasteiger partial charge in [0.15, 0.2) is 0 Å². The standard InChI is InChI=1S/C23H28N4O5/c1-15(2)32-12-6-11-24-21(28)22(29)27-25-14-18-13-17(23(30)31)9-10-20(18)26-19-8-5-4-7-16(19)3/h4-5,7-10,13-15,26H,6,11-12H2,1-3H3,(H,24,28)(H,27,29)(H,30,31)/b25-14-. The van der Waals surface area contributed by atoms with Gasteiger partial charge < -0.3 is 20.5 Å². The molecular formula is C23H28N4O5. The Morgan fingerprint density at radius 3 is 2.53 bits per heavy atom. The fourth-order valence-corrected chi connectivity index (χ4v) is 2.66. The Hall–Kier alpha value is -3.72. The molecule has 4 N–H and O–H groups in total. The monoisotopic (exact) mass is 440 g/mol. The van der Waals surface area contributed by atoms with E-state index < -0.39 is 17.8 Å². The van der Waals surface area contributed by atoms with Gasteiger partial charge >= 0.3 is 17.8 Å². The molecule has 0 aliphatic carbocycles. The van der Waals surface area contributed by atoms with Gasteiger partial charge in [0.25, 0.3) is 0 Å². The van der Waals surface area contributed by atoms with Crippen LogP contribution < -0.4 is 16.1 Å². The minimum atomic E-state index is -1.09. The predicted octanol–water partition coefficient (Wildman–Crippen LogP) is 2.82. The Labute approximate surface area is 186 Å². The van der Waals surface area contributed by atoms with Crippen molar-refractivity contribution in [3.05, 3.63) is 59.2 Å². The summed E-state index contributed by atoms with van der Waals surface area (Å²) in [5.41, 5.74) is 5.09. The summed E-state index contributed by atoms with van der Waals surface area (Å²) in [6.07, 6.45) is 1.97. The van der Waals surface area contributed by atoms with Crippen LogP contribution in [0.15, 0.2) is 47.6 Å². The van der Waals surface area contributed by atoms with Crippen molar-refractivity contribution in [3.63, 3.8) is 0 Å². The second-order valence-electron chi connectivity index (χ2n) is 7.28. The Kier molecular flexibility index (Phi) is 9.37. The highest BCUT2D eigenvalue weighted by atomic mass is 16.5. The highest BCUT2D eigenvalue weighted by molar-refractivity contribution is 6.35. The molecule has 2 rings (SSSR count). The van der Waals surface area contributed by atoms with Gasteiger partial charge in [-0.2, -0.15) is 5.10 Å². The molecule has 0 unspecified atom stereocenters. The largest absolute Gasteiger partial charge is 0.478 e. The molecular weight excluding hydrogens is 412 g/mol. The lowest BCUT2D eigenvalue weighted by molar-refractivity contribution is -0.139. The smallest absolute Gasteiger partial charge is 0.335 e. The first-order chi connectivity index (χ1) is 15.3. The lowest BCUT2D eigenvalue weighted by Gasteiger charge is -2.12. The van der Waals surface area contributed by atoms with Crippen molar-refractivity contribution in [1.82, 2.24) is 10.7 Å². The highest BCUT2D eigenvalue weighted by Crippen LogP contribution is 2.23. The molecule has 0 aliphatic heterocycles. The number of carboxylic acid groups (broad SMARTS) is 1. The summed E-state index contributed by atoms with van der Waals surface area (Å²) in [5.74, 6) is -2.83. The molecule has 0 heterocycles. The first kappa shape index (κ1) is 24.5. The molecule has 9 nitrogen and oxygen atoms in total. The van der Waals surface area contributed by atoms with E-state index in [-0.39, 0.29) is 11.7 Å². The van der Waals surface area contributed by atoms with Crippen molar-refractivity contribution in [2.45, 2.75) is 33.3 Å². The van der Waals surface area contributed by atoms with Gasteiger partial charge in [0, 0.05) is 30.1 Å². The van der Waals surface area contributed by atoms with Crippen LogP contribution >= 0.6 is 0 Å². The summed E-state index contributed by atoms with van der Waals surface area (Å²) in [5, 5.41) is 18.8. The average molecular weight is 441 g/mol. The van der Waals surface area contributed by atoms with Gasteiger partial charge in [0.2, 0.25) is 0 Å². The summed E-state index contributed by atoms with van der Waals surface area (Å²) in [6.45, 7) is 6.55. The number of rotatable bonds is 10. The Morgan fingerprint density at radius 2 is 1.84 bits per heavy atom. The van der Waals surface area contributed by atoms with Gasteiger partial charge in [0.1, 0.15) is 0 Å². The number of benzene rings is 2. The highest BCUT2D eigenvalue weighted by Gasteiger charge is 2.12. The van der Waals surface area contributed by atoms with Crippen molar-refractivity contribution < 1.29 is 24.2 Å². The van der Waals surface area contributed by atoms with Crippen LogP contribution in [0.3, 0.4) is 0 Å². The van der Waals surface area contributed by atoms with Crippen LogP contribution in [0.25, 0.3) is 0 Å². The van der Waals surface area contributed by atoms with Gasteiger partial charge in [-0.15, -0.1) is 0 Å². The summed E-state index contributed by atoms with van der Waals surface area (Å²) >= 11 is 0. The average Bonchev–Trinajstić information content (AvgIpc) is 2.75. The Morgan fingerprint density at radius 1 is 1.09 bits per heavy atom. The van der Waals surface area contributed by atoms with E-state index in [1.807, 2.05) is 45.0 Å². The van der Waals surface area contributed by atoms with E-state index in [4.69, 9.17) is 4.74 Å². The topological polar surface area (TPSA) is 129 Å². The number of aryl methyl sites for hydroxylation is 1. The van der Waals surface area contributed by atoms with Gasteiger partial charge in [0.05, 0.1) is 17.9 Å². The molecule has 9 heteroatoms. The van der Waals surface area contributed by atoms with Crippen LogP contribution in [0.2, 0.25) is 0 Å². The van der Waals surface area contributed by atoms with E-state index in [2.05, 4.69) is 21.2 Å². The number of nitrogens with one attached hydrogen (secondary N) is 3. The molecule has 32 heavy (non-hydrogen) atoms. The van der Waals surface area contributed by atoms with E-state index in [1.54, 1.807) is 6.07 Å². The second-order valence-corrected chi connectivity index (χ2v) is 7.28. The van der Waals surface area contributed by atoms with Crippen molar-refractivity contribution in [2.75, 3.05) is 18.5 Å². The van der Waals surface area contributed by atoms with Crippen LogP contribution in [0.1, 0.15) is 41.8 Å². The lowest BCUT2D eigenvalue weighted by Crippen LogP contribution is -2.38. The third kappa shape index (κ3) is 7.84. The Bertz CT molecular complexity index is 988. The van der Waals surface area contributed by atoms with E-state index >= 15 is 0 Å². The molecule has 0 aromatic heterocycles. The molecule has 0 saturated heterocycles. The molecule has 0 atom stereocenters. The normalized spacial score (nSPS) is 10.9. The summed E-state index contributed by atoms with van der Waals surface area (Å²) in [6, 6.07) is 12.1. The number of carbonyl (C=O) groups excluding carboxylic acids is 2.